The number of hydrogen-bond donors (Lipinski definition) is 1. The minimum Gasteiger partial charge on any atom is -0.378 e. The van der Waals surface area contributed by atoms with Crippen LogP contribution in [0.15, 0.2) is 30.5 Å². The van der Waals surface area contributed by atoms with Gasteiger partial charge in [0.25, 0.3) is 0 Å². The van der Waals surface area contributed by atoms with E-state index in [2.05, 4.69) is 16.8 Å². The molecule has 2 heteroatoms. The van der Waals surface area contributed by atoms with Crippen molar-refractivity contribution in [3.8, 4) is 11.8 Å². The zero-order valence-corrected chi connectivity index (χ0v) is 10.3. The molecule has 0 aliphatic carbocycles. The smallest absolute Gasteiger partial charge is 0.120 e. The first-order chi connectivity index (χ1) is 7.96. The Morgan fingerprint density at radius 1 is 1.24 bits per heavy atom. The summed E-state index contributed by atoms with van der Waals surface area (Å²) in [6.07, 6.45) is 1.80. The molecule has 1 N–H and O–H groups in total. The van der Waals surface area contributed by atoms with Crippen LogP contribution in [-0.2, 0) is 0 Å². The van der Waals surface area contributed by atoms with E-state index in [0.29, 0.717) is 0 Å². The first-order valence-corrected chi connectivity index (χ1v) is 5.57. The lowest BCUT2D eigenvalue weighted by Crippen LogP contribution is -2.14. The van der Waals surface area contributed by atoms with Gasteiger partial charge in [0, 0.05) is 22.8 Å². The molecule has 0 bridgehead atoms. The van der Waals surface area contributed by atoms with E-state index in [1.54, 1.807) is 20.0 Å². The highest BCUT2D eigenvalue weighted by Crippen LogP contribution is 2.17. The van der Waals surface area contributed by atoms with E-state index >= 15 is 0 Å². The lowest BCUT2D eigenvalue weighted by molar-refractivity contribution is 0.143. The zero-order valence-electron chi connectivity index (χ0n) is 10.3. The summed E-state index contributed by atoms with van der Waals surface area (Å²) in [6, 6.07) is 7.96. The predicted octanol–water partition coefficient (Wildman–Crippen LogP) is 2.67. The summed E-state index contributed by atoms with van der Waals surface area (Å²) in [7, 11) is 0. The van der Waals surface area contributed by atoms with Crippen LogP contribution in [0.1, 0.15) is 25.1 Å². The number of aliphatic hydroxyl groups is 1. The number of fused-ring (bicyclic) bond motifs is 1. The Morgan fingerprint density at radius 2 is 2.00 bits per heavy atom. The third kappa shape index (κ3) is 2.83. The van der Waals surface area contributed by atoms with Gasteiger partial charge in [-0.3, -0.25) is 4.98 Å². The fourth-order valence-corrected chi connectivity index (χ4v) is 1.63. The summed E-state index contributed by atoms with van der Waals surface area (Å²) in [5.41, 5.74) is 0.970. The van der Waals surface area contributed by atoms with Gasteiger partial charge in [-0.1, -0.05) is 17.9 Å². The van der Waals surface area contributed by atoms with Crippen molar-refractivity contribution in [1.29, 1.82) is 0 Å². The molecule has 0 amide bonds. The Morgan fingerprint density at radius 3 is 2.71 bits per heavy atom. The molecule has 0 aliphatic rings. The number of benzene rings is 1. The molecule has 1 aromatic carbocycles. The quantitative estimate of drug-likeness (QED) is 0.699. The topological polar surface area (TPSA) is 33.1 Å². The van der Waals surface area contributed by atoms with Gasteiger partial charge >= 0.3 is 0 Å². The first-order valence-electron chi connectivity index (χ1n) is 5.57. The van der Waals surface area contributed by atoms with E-state index < -0.39 is 5.60 Å². The molecule has 0 atom stereocenters. The summed E-state index contributed by atoms with van der Waals surface area (Å²) in [5.74, 6) is 5.78. The van der Waals surface area contributed by atoms with Crippen LogP contribution in [0, 0.1) is 18.8 Å². The van der Waals surface area contributed by atoms with Crippen LogP contribution in [0.25, 0.3) is 10.8 Å². The number of hydrogen-bond acceptors (Lipinski definition) is 2. The summed E-state index contributed by atoms with van der Waals surface area (Å²) in [6.45, 7) is 5.34. The molecule has 2 nitrogen and oxygen atoms in total. The van der Waals surface area contributed by atoms with Gasteiger partial charge in [-0.15, -0.1) is 0 Å². The Labute approximate surface area is 101 Å². The third-order valence-corrected chi connectivity index (χ3v) is 2.48. The average Bonchev–Trinajstić information content (AvgIpc) is 2.26. The van der Waals surface area contributed by atoms with Crippen LogP contribution >= 0.6 is 0 Å². The van der Waals surface area contributed by atoms with Crippen molar-refractivity contribution in [1.82, 2.24) is 4.98 Å². The van der Waals surface area contributed by atoms with Crippen molar-refractivity contribution in [2.24, 2.45) is 0 Å². The molecule has 0 radical (unpaired) electrons. The van der Waals surface area contributed by atoms with Crippen molar-refractivity contribution in [2.75, 3.05) is 0 Å². The number of rotatable bonds is 0. The molecule has 2 rings (SSSR count). The Bertz CT molecular complexity index is 612. The molecule has 0 saturated carbocycles. The van der Waals surface area contributed by atoms with E-state index in [9.17, 15) is 5.11 Å². The molecule has 86 valence electrons. The maximum Gasteiger partial charge on any atom is 0.120 e. The van der Waals surface area contributed by atoms with Crippen LogP contribution in [0.2, 0.25) is 0 Å². The highest BCUT2D eigenvalue weighted by atomic mass is 16.3. The minimum atomic E-state index is -0.955. The maximum atomic E-state index is 9.55. The van der Waals surface area contributed by atoms with Crippen LogP contribution in [0.5, 0.6) is 0 Å². The number of aryl methyl sites for hydroxylation is 1. The monoisotopic (exact) mass is 225 g/mol. The van der Waals surface area contributed by atoms with Crippen molar-refractivity contribution < 1.29 is 5.11 Å². The number of aromatic nitrogens is 1. The average molecular weight is 225 g/mol. The molecule has 1 aromatic heterocycles. The minimum absolute atomic E-state index is 0.908. The molecular weight excluding hydrogens is 210 g/mol. The second-order valence-electron chi connectivity index (χ2n) is 4.64. The van der Waals surface area contributed by atoms with Gasteiger partial charge in [-0.2, -0.15) is 0 Å². The van der Waals surface area contributed by atoms with Gasteiger partial charge < -0.3 is 5.11 Å². The van der Waals surface area contributed by atoms with Crippen molar-refractivity contribution >= 4 is 10.8 Å². The molecule has 0 saturated heterocycles. The fourth-order valence-electron chi connectivity index (χ4n) is 1.63. The highest BCUT2D eigenvalue weighted by molar-refractivity contribution is 5.85. The molecule has 17 heavy (non-hydrogen) atoms. The molecular formula is C15H15NO. The Kier molecular flexibility index (Phi) is 2.87. The van der Waals surface area contributed by atoms with Crippen molar-refractivity contribution in [3.63, 3.8) is 0 Å². The molecule has 1 heterocycles. The number of pyridine rings is 1. The van der Waals surface area contributed by atoms with Crippen LogP contribution in [0.3, 0.4) is 0 Å². The van der Waals surface area contributed by atoms with E-state index in [1.165, 1.54) is 0 Å². The lowest BCUT2D eigenvalue weighted by Gasteiger charge is -2.06. The maximum absolute atomic E-state index is 9.55. The van der Waals surface area contributed by atoms with Crippen molar-refractivity contribution in [2.45, 2.75) is 26.4 Å². The van der Waals surface area contributed by atoms with Gasteiger partial charge in [0.2, 0.25) is 0 Å². The van der Waals surface area contributed by atoms with Gasteiger partial charge in [0.15, 0.2) is 0 Å². The Hall–Kier alpha value is -1.85. The summed E-state index contributed by atoms with van der Waals surface area (Å²) in [5, 5.41) is 11.8. The summed E-state index contributed by atoms with van der Waals surface area (Å²) < 4.78 is 0. The van der Waals surface area contributed by atoms with Crippen LogP contribution < -0.4 is 0 Å². The first kappa shape index (κ1) is 11.6. The molecule has 2 aromatic rings. The lowest BCUT2D eigenvalue weighted by atomic mass is 10.1. The third-order valence-electron chi connectivity index (χ3n) is 2.48. The second kappa shape index (κ2) is 4.20. The van der Waals surface area contributed by atoms with Gasteiger partial charge in [0.05, 0.1) is 0 Å². The Balaban J connectivity index is 2.48. The zero-order chi connectivity index (χ0) is 12.5. The van der Waals surface area contributed by atoms with Crippen LogP contribution in [0.4, 0.5) is 0 Å². The highest BCUT2D eigenvalue weighted by Gasteiger charge is 2.05. The van der Waals surface area contributed by atoms with Crippen LogP contribution in [-0.4, -0.2) is 15.7 Å². The number of nitrogens with zero attached hydrogens (tertiary/aromatic N) is 1. The molecule has 0 aliphatic heterocycles. The van der Waals surface area contributed by atoms with E-state index in [4.69, 9.17) is 0 Å². The SMILES string of the molecule is Cc1nccc2cc(C#CC(C)(C)O)ccc12. The molecule has 0 unspecified atom stereocenters. The summed E-state index contributed by atoms with van der Waals surface area (Å²) in [4.78, 5) is 4.25. The summed E-state index contributed by atoms with van der Waals surface area (Å²) >= 11 is 0. The van der Waals surface area contributed by atoms with Crippen molar-refractivity contribution in [3.05, 3.63) is 41.7 Å². The largest absolute Gasteiger partial charge is 0.378 e. The van der Waals surface area contributed by atoms with Gasteiger partial charge in [-0.05, 0) is 44.4 Å². The second-order valence-corrected chi connectivity index (χ2v) is 4.64. The van der Waals surface area contributed by atoms with Gasteiger partial charge in [0.1, 0.15) is 5.60 Å². The fraction of sp³-hybridized carbons (Fsp3) is 0.267. The predicted molar refractivity (Wildman–Crippen MR) is 69.7 cm³/mol. The molecule has 0 fully saturated rings. The van der Waals surface area contributed by atoms with E-state index in [1.807, 2.05) is 31.2 Å². The van der Waals surface area contributed by atoms with E-state index in [-0.39, 0.29) is 0 Å². The standard InChI is InChI=1S/C15H15NO/c1-11-14-5-4-12(6-8-15(2,3)17)10-13(14)7-9-16-11/h4-5,7,9-10,17H,1-3H3. The van der Waals surface area contributed by atoms with Gasteiger partial charge in [-0.25, -0.2) is 0 Å². The molecule has 0 spiro atoms. The normalized spacial score (nSPS) is 11.1. The van der Waals surface area contributed by atoms with E-state index in [0.717, 1.165) is 22.0 Å².